The molecule has 0 atom stereocenters. The van der Waals surface area contributed by atoms with Crippen molar-refractivity contribution in [1.29, 1.82) is 0 Å². The number of nitrogens with zero attached hydrogens (tertiary/aromatic N) is 2. The van der Waals surface area contributed by atoms with Crippen LogP contribution in [0.2, 0.25) is 0 Å². The minimum absolute atomic E-state index is 0. The van der Waals surface area contributed by atoms with Crippen molar-refractivity contribution in [3.05, 3.63) is 59.2 Å². The maximum Gasteiger partial charge on any atom is 2.00 e. The van der Waals surface area contributed by atoms with Crippen LogP contribution in [0, 0.1) is 0 Å². The first-order valence-corrected chi connectivity index (χ1v) is 6.05. The van der Waals surface area contributed by atoms with Gasteiger partial charge in [-0.15, -0.1) is 0 Å². The van der Waals surface area contributed by atoms with Gasteiger partial charge >= 0.3 is 57.4 Å². The summed E-state index contributed by atoms with van der Waals surface area (Å²) in [4.78, 5) is 47.6. The summed E-state index contributed by atoms with van der Waals surface area (Å²) in [6.07, 6.45) is 0. The van der Waals surface area contributed by atoms with Gasteiger partial charge in [-0.3, -0.25) is 0 Å². The molecule has 0 fully saturated rings. The summed E-state index contributed by atoms with van der Waals surface area (Å²) in [5.41, 5.74) is -1.38. The average molecular weight is 492 g/mol. The Morgan fingerprint density at radius 2 is 0.862 bits per heavy atom. The van der Waals surface area contributed by atoms with E-state index in [1.54, 1.807) is 0 Å². The minimum atomic E-state index is -1.49. The second kappa shape index (κ2) is 17.6. The Kier molecular flexibility index (Phi) is 22.6. The van der Waals surface area contributed by atoms with Gasteiger partial charge in [-0.1, -0.05) is 12.1 Å². The van der Waals surface area contributed by atoms with Crippen LogP contribution >= 0.6 is 0 Å². The van der Waals surface area contributed by atoms with E-state index in [9.17, 15) is 29.4 Å². The van der Waals surface area contributed by atoms with Crippen molar-refractivity contribution >= 4 is 69.4 Å². The Morgan fingerprint density at radius 3 is 1.07 bits per heavy atom. The van der Waals surface area contributed by atoms with Crippen LogP contribution in [0.15, 0.2) is 36.4 Å². The number of carboxylic acid groups (broad SMARTS) is 4. The molecular formula is C14H16N2O12Sr. The Bertz CT molecular complexity index is 689. The quantitative estimate of drug-likeness (QED) is 0.382. The number of carbonyl (C=O) groups is 4. The number of hydrogen-bond donors (Lipinski definition) is 2. The zero-order valence-corrected chi connectivity index (χ0v) is 17.9. The van der Waals surface area contributed by atoms with Crippen LogP contribution in [0.5, 0.6) is 0 Å². The molecule has 0 aliphatic heterocycles. The summed E-state index contributed by atoms with van der Waals surface area (Å²) >= 11 is 0. The maximum absolute atomic E-state index is 10.3. The van der Waals surface area contributed by atoms with Gasteiger partial charge in [0.2, 0.25) is 0 Å². The molecule has 14 nitrogen and oxygen atoms in total. The largest absolute Gasteiger partial charge is 2.00 e. The molecule has 0 unspecified atom stereocenters. The van der Waals surface area contributed by atoms with Crippen molar-refractivity contribution in [3.8, 4) is 0 Å². The predicted molar refractivity (Wildman–Crippen MR) is 91.3 cm³/mol. The smallest absolute Gasteiger partial charge is 0.543 e. The van der Waals surface area contributed by atoms with E-state index < -0.39 is 23.9 Å². The normalized spacial score (nSPS) is 7.72. The number of pyridine rings is 2. The summed E-state index contributed by atoms with van der Waals surface area (Å²) in [7, 11) is 0. The van der Waals surface area contributed by atoms with Crippen molar-refractivity contribution in [2.24, 2.45) is 0 Å². The number of rotatable bonds is 4. The molecular weight excluding hydrogens is 476 g/mol. The molecule has 0 bridgehead atoms. The fraction of sp³-hybridized carbons (Fsp3) is 0. The van der Waals surface area contributed by atoms with Crippen molar-refractivity contribution < 1.29 is 61.5 Å². The summed E-state index contributed by atoms with van der Waals surface area (Å²) in [6.45, 7) is 0. The second-order valence-corrected chi connectivity index (χ2v) is 4.00. The molecule has 2 aromatic heterocycles. The van der Waals surface area contributed by atoms with E-state index in [1.165, 1.54) is 36.4 Å². The van der Waals surface area contributed by atoms with Gasteiger partial charge in [0.25, 0.3) is 0 Å². The molecule has 0 aromatic carbocycles. The molecule has 0 aliphatic rings. The van der Waals surface area contributed by atoms with Gasteiger partial charge in [0.05, 0.1) is 23.3 Å². The number of aromatic carboxylic acids is 4. The van der Waals surface area contributed by atoms with E-state index in [0.717, 1.165) is 0 Å². The van der Waals surface area contributed by atoms with Crippen LogP contribution in [0.4, 0.5) is 0 Å². The number of aromatic nitrogens is 2. The number of carbonyl (C=O) groups excluding carboxylic acids is 2. The molecule has 0 radical (unpaired) electrons. The van der Waals surface area contributed by atoms with Gasteiger partial charge in [0.15, 0.2) is 0 Å². The SMILES string of the molecule is O.O.O.O.O=C([O-])c1cccc(C(=O)O)n1.O=C([O-])c1cccc(C(=O)O)n1.[Sr+2]. The molecule has 2 aromatic rings. The van der Waals surface area contributed by atoms with E-state index in [1.807, 2.05) is 0 Å². The maximum atomic E-state index is 10.3. The van der Waals surface area contributed by atoms with E-state index >= 15 is 0 Å². The summed E-state index contributed by atoms with van der Waals surface area (Å²) < 4.78 is 0. The molecule has 10 N–H and O–H groups in total. The van der Waals surface area contributed by atoms with Gasteiger partial charge < -0.3 is 51.9 Å². The van der Waals surface area contributed by atoms with E-state index in [0.29, 0.717) is 0 Å². The zero-order chi connectivity index (χ0) is 18.3. The fourth-order valence-electron chi connectivity index (χ4n) is 1.34. The number of hydrogen-bond acceptors (Lipinski definition) is 8. The Hall–Kier alpha value is -2.50. The molecule has 156 valence electrons. The molecule has 2 rings (SSSR count). The van der Waals surface area contributed by atoms with Gasteiger partial charge in [0, 0.05) is 0 Å². The molecule has 0 saturated carbocycles. The zero-order valence-electron chi connectivity index (χ0n) is 14.4. The third-order valence-electron chi connectivity index (χ3n) is 2.35. The van der Waals surface area contributed by atoms with Gasteiger partial charge in [-0.05, 0) is 24.3 Å². The first-order valence-electron chi connectivity index (χ1n) is 6.05. The molecule has 2 heterocycles. The van der Waals surface area contributed by atoms with Gasteiger partial charge in [0.1, 0.15) is 11.4 Å². The van der Waals surface area contributed by atoms with Crippen LogP contribution in [-0.2, 0) is 0 Å². The van der Waals surface area contributed by atoms with Crippen LogP contribution in [0.3, 0.4) is 0 Å². The molecule has 0 amide bonds. The Morgan fingerprint density at radius 1 is 0.621 bits per heavy atom. The topological polar surface area (TPSA) is 307 Å². The fourth-order valence-corrected chi connectivity index (χ4v) is 1.34. The predicted octanol–water partition coefficient (Wildman–Crippen LogP) is -5.39. The van der Waals surface area contributed by atoms with Crippen LogP contribution < -0.4 is 10.2 Å². The number of carboxylic acids is 4. The summed E-state index contributed by atoms with van der Waals surface area (Å²) in [5.74, 6) is -5.51. The molecule has 29 heavy (non-hydrogen) atoms. The van der Waals surface area contributed by atoms with Gasteiger partial charge in [-0.25, -0.2) is 19.6 Å². The molecule has 0 spiro atoms. The average Bonchev–Trinajstić information content (AvgIpc) is 2.55. The van der Waals surface area contributed by atoms with Crippen LogP contribution in [0.1, 0.15) is 42.0 Å². The van der Waals surface area contributed by atoms with Crippen molar-refractivity contribution in [1.82, 2.24) is 9.97 Å². The standard InChI is InChI=1S/2C7H5NO4.4H2O.Sr/c2*9-6(10)4-2-1-3-5(8-4)7(11)12;;;;;/h2*1-3H,(H,9,10)(H,11,12);4*1H2;/q;;;;;;+2/p-2. The van der Waals surface area contributed by atoms with Gasteiger partial charge in [-0.2, -0.15) is 0 Å². The van der Waals surface area contributed by atoms with E-state index in [-0.39, 0.29) is 90.2 Å². The third kappa shape index (κ3) is 12.5. The molecule has 15 heteroatoms. The second-order valence-electron chi connectivity index (χ2n) is 4.00. The van der Waals surface area contributed by atoms with Crippen molar-refractivity contribution in [2.45, 2.75) is 0 Å². The first kappa shape index (κ1) is 37.3. The summed E-state index contributed by atoms with van der Waals surface area (Å²) in [6, 6.07) is 7.33. The first-order chi connectivity index (χ1) is 11.2. The van der Waals surface area contributed by atoms with E-state index in [2.05, 4.69) is 9.97 Å². The summed E-state index contributed by atoms with van der Waals surface area (Å²) in [5, 5.41) is 37.2. The van der Waals surface area contributed by atoms with Crippen LogP contribution in [0.25, 0.3) is 0 Å². The minimum Gasteiger partial charge on any atom is -0.543 e. The molecule has 0 saturated heterocycles. The Labute approximate surface area is 199 Å². The van der Waals surface area contributed by atoms with Crippen molar-refractivity contribution in [3.63, 3.8) is 0 Å². The Balaban J connectivity index is -0.000000113. The third-order valence-corrected chi connectivity index (χ3v) is 2.35. The van der Waals surface area contributed by atoms with E-state index in [4.69, 9.17) is 10.2 Å². The monoisotopic (exact) mass is 492 g/mol. The van der Waals surface area contributed by atoms with Crippen LogP contribution in [-0.4, -0.2) is 111 Å². The van der Waals surface area contributed by atoms with Crippen molar-refractivity contribution in [2.75, 3.05) is 0 Å². The molecule has 0 aliphatic carbocycles.